The van der Waals surface area contributed by atoms with Crippen LogP contribution in [0.1, 0.15) is 75.1 Å². The largest absolute Gasteiger partial charge is 0.504 e. The number of amides is 1. The normalized spacial score (nSPS) is 41.8. The molecule has 41 heavy (non-hydrogen) atoms. The quantitative estimate of drug-likeness (QED) is 0.123. The molecule has 1 aromatic carbocycles. The molecule has 4 fully saturated rings. The molecule has 1 amide bonds. The van der Waals surface area contributed by atoms with Gasteiger partial charge in [-0.05, 0) is 86.8 Å². The van der Waals surface area contributed by atoms with Crippen LogP contribution in [0.4, 0.5) is 0 Å². The number of hydrogen-bond acceptors (Lipinski definition) is 10. The molecule has 0 radical (unpaired) electrons. The summed E-state index contributed by atoms with van der Waals surface area (Å²) in [5.41, 5.74) is -0.460. The van der Waals surface area contributed by atoms with Gasteiger partial charge in [-0.25, -0.2) is 10.2 Å². The molecular weight excluding hydrogens is 532 g/mol. The first-order chi connectivity index (χ1) is 19.3. The summed E-state index contributed by atoms with van der Waals surface area (Å²) in [4.78, 5) is 24.6. The highest BCUT2D eigenvalue weighted by Gasteiger charge is 2.71. The first-order valence-corrected chi connectivity index (χ1v) is 14.4. The van der Waals surface area contributed by atoms with E-state index in [0.29, 0.717) is 44.9 Å². The third-order valence-electron chi connectivity index (χ3n) is 11.4. The number of hydrogen-bond donors (Lipinski definition) is 7. The monoisotopic (exact) mass is 570 g/mol. The van der Waals surface area contributed by atoms with Crippen molar-refractivity contribution in [2.45, 2.75) is 82.0 Å². The molecule has 222 valence electrons. The fourth-order valence-corrected chi connectivity index (χ4v) is 9.37. The Labute approximate surface area is 237 Å². The van der Waals surface area contributed by atoms with Crippen molar-refractivity contribution < 1.29 is 45.0 Å². The summed E-state index contributed by atoms with van der Waals surface area (Å²) in [5, 5.41) is 68.5. The van der Waals surface area contributed by atoms with Crippen molar-refractivity contribution in [3.63, 3.8) is 0 Å². The smallest absolute Gasteiger partial charge is 0.331 e. The molecule has 0 bridgehead atoms. The van der Waals surface area contributed by atoms with E-state index in [0.717, 1.165) is 24.1 Å². The number of aliphatic hydroxyl groups is 3. The SMILES string of the molecule is CC12CC[C@H]3[C@@H](CCC4(O)C[C@H](O)CCC34C=NNC(=O)c3cc(O)c(O)c(O)c3)C1(O)CCC2C1=CC(=O)OC1. The van der Waals surface area contributed by atoms with Crippen molar-refractivity contribution in [1.82, 2.24) is 5.43 Å². The van der Waals surface area contributed by atoms with Gasteiger partial charge in [0.25, 0.3) is 5.91 Å². The number of carbonyl (C=O) groups excluding carboxylic acids is 2. The number of benzene rings is 1. The van der Waals surface area contributed by atoms with Crippen LogP contribution in [0.25, 0.3) is 0 Å². The lowest BCUT2D eigenvalue weighted by atomic mass is 9.41. The summed E-state index contributed by atoms with van der Waals surface area (Å²) in [7, 11) is 0. The third-order valence-corrected chi connectivity index (χ3v) is 11.4. The molecule has 5 aliphatic rings. The maximum absolute atomic E-state index is 12.8. The van der Waals surface area contributed by atoms with Crippen LogP contribution in [-0.4, -0.2) is 72.6 Å². The topological polar surface area (TPSA) is 189 Å². The Morgan fingerprint density at radius 1 is 1.02 bits per heavy atom. The van der Waals surface area contributed by atoms with Crippen LogP contribution in [0.5, 0.6) is 17.2 Å². The predicted octanol–water partition coefficient (Wildman–Crippen LogP) is 2.23. The molecule has 4 saturated carbocycles. The number of nitrogens with zero attached hydrogens (tertiary/aromatic N) is 1. The van der Waals surface area contributed by atoms with Crippen LogP contribution in [0.15, 0.2) is 28.9 Å². The number of fused-ring (bicyclic) bond motifs is 5. The van der Waals surface area contributed by atoms with E-state index in [9.17, 15) is 40.2 Å². The summed E-state index contributed by atoms with van der Waals surface area (Å²) < 4.78 is 5.20. The fraction of sp³-hybridized carbons (Fsp3) is 0.633. The summed E-state index contributed by atoms with van der Waals surface area (Å²) in [5.74, 6) is -3.41. The number of rotatable bonds is 4. The van der Waals surface area contributed by atoms with E-state index in [2.05, 4.69) is 17.5 Å². The number of phenolic OH excluding ortho intramolecular Hbond substituents is 3. The fourth-order valence-electron chi connectivity index (χ4n) is 9.37. The molecule has 4 aliphatic carbocycles. The Morgan fingerprint density at radius 2 is 1.73 bits per heavy atom. The molecule has 0 aromatic heterocycles. The van der Waals surface area contributed by atoms with Gasteiger partial charge in [0.15, 0.2) is 17.2 Å². The zero-order valence-electron chi connectivity index (χ0n) is 23.0. The minimum Gasteiger partial charge on any atom is -0.504 e. The number of carbonyl (C=O) groups is 2. The van der Waals surface area contributed by atoms with Gasteiger partial charge < -0.3 is 35.4 Å². The maximum atomic E-state index is 12.8. The number of cyclic esters (lactones) is 1. The Kier molecular flexibility index (Phi) is 6.44. The molecule has 1 heterocycles. The lowest BCUT2D eigenvalue weighted by Crippen LogP contribution is -2.68. The molecule has 1 aromatic rings. The highest BCUT2D eigenvalue weighted by atomic mass is 16.5. The predicted molar refractivity (Wildman–Crippen MR) is 145 cm³/mol. The number of nitrogens with one attached hydrogen (secondary N) is 1. The van der Waals surface area contributed by atoms with Crippen LogP contribution >= 0.6 is 0 Å². The van der Waals surface area contributed by atoms with Gasteiger partial charge in [0.1, 0.15) is 6.61 Å². The van der Waals surface area contributed by atoms with Crippen molar-refractivity contribution in [1.29, 1.82) is 0 Å². The number of ether oxygens (including phenoxy) is 1. The summed E-state index contributed by atoms with van der Waals surface area (Å²) in [6, 6.07) is 2.02. The molecule has 7 N–H and O–H groups in total. The van der Waals surface area contributed by atoms with E-state index in [-0.39, 0.29) is 42.3 Å². The number of hydrazone groups is 1. The van der Waals surface area contributed by atoms with Gasteiger partial charge in [0.05, 0.1) is 17.3 Å². The van der Waals surface area contributed by atoms with Crippen molar-refractivity contribution in [3.05, 3.63) is 29.3 Å². The first-order valence-electron chi connectivity index (χ1n) is 14.4. The number of esters is 1. The minimum absolute atomic E-state index is 0.0240. The van der Waals surface area contributed by atoms with E-state index in [1.807, 2.05) is 0 Å². The second kappa shape index (κ2) is 9.43. The van der Waals surface area contributed by atoms with Crippen molar-refractivity contribution in [2.75, 3.05) is 6.61 Å². The molecule has 0 spiro atoms. The van der Waals surface area contributed by atoms with E-state index in [1.165, 1.54) is 0 Å². The summed E-state index contributed by atoms with van der Waals surface area (Å²) >= 11 is 0. The Balaban J connectivity index is 1.32. The average Bonchev–Trinajstić information content (AvgIpc) is 3.46. The van der Waals surface area contributed by atoms with Gasteiger partial charge in [0.2, 0.25) is 0 Å². The maximum Gasteiger partial charge on any atom is 0.331 e. The Morgan fingerprint density at radius 3 is 2.41 bits per heavy atom. The van der Waals surface area contributed by atoms with Gasteiger partial charge in [-0.1, -0.05) is 6.92 Å². The number of aromatic hydroxyl groups is 3. The summed E-state index contributed by atoms with van der Waals surface area (Å²) in [6.45, 7) is 2.37. The van der Waals surface area contributed by atoms with Gasteiger partial charge >= 0.3 is 5.97 Å². The van der Waals surface area contributed by atoms with Crippen LogP contribution in [0.2, 0.25) is 0 Å². The molecule has 5 unspecified atom stereocenters. The van der Waals surface area contributed by atoms with Gasteiger partial charge in [-0.2, -0.15) is 5.10 Å². The number of phenols is 3. The second-order valence-corrected chi connectivity index (χ2v) is 13.1. The standard InChI is InChI=1S/C30H38N2O9/c1-27-6-3-20-21(30(27,40)9-5-19(27)17-12-24(36)41-14-17)4-8-29(39)13-18(33)2-7-28(20,29)15-31-32-26(38)16-10-22(34)25(37)23(35)11-16/h10-12,15,18-21,33-35,37,39-40H,2-9,13-14H2,1H3,(H,32,38)/t18-,19?,20+,21-,27?,28?,29?,30?/m1/s1. The highest BCUT2D eigenvalue weighted by Crippen LogP contribution is 2.70. The lowest BCUT2D eigenvalue weighted by molar-refractivity contribution is -0.237. The van der Waals surface area contributed by atoms with E-state index >= 15 is 0 Å². The van der Waals surface area contributed by atoms with Crippen molar-refractivity contribution >= 4 is 18.1 Å². The second-order valence-electron chi connectivity index (χ2n) is 13.1. The van der Waals surface area contributed by atoms with Gasteiger partial charge in [0, 0.05) is 35.1 Å². The Bertz CT molecular complexity index is 1320. The molecule has 0 saturated heterocycles. The zero-order valence-corrected chi connectivity index (χ0v) is 23.0. The van der Waals surface area contributed by atoms with E-state index in [4.69, 9.17) is 4.74 Å². The zero-order chi connectivity index (χ0) is 29.4. The molecular formula is C30H38N2O9. The molecule has 6 rings (SSSR count). The molecule has 11 heteroatoms. The minimum atomic E-state index is -1.29. The average molecular weight is 571 g/mol. The van der Waals surface area contributed by atoms with Crippen LogP contribution in [0, 0.1) is 28.6 Å². The van der Waals surface area contributed by atoms with E-state index < -0.39 is 51.3 Å². The van der Waals surface area contributed by atoms with Crippen LogP contribution < -0.4 is 5.43 Å². The van der Waals surface area contributed by atoms with Crippen molar-refractivity contribution in [2.24, 2.45) is 33.7 Å². The van der Waals surface area contributed by atoms with Crippen LogP contribution in [0.3, 0.4) is 0 Å². The van der Waals surface area contributed by atoms with Crippen LogP contribution in [-0.2, 0) is 9.53 Å². The summed E-state index contributed by atoms with van der Waals surface area (Å²) in [6.07, 6.45) is 7.13. The van der Waals surface area contributed by atoms with Crippen molar-refractivity contribution in [3.8, 4) is 17.2 Å². The number of aliphatic hydroxyl groups excluding tert-OH is 1. The van der Waals surface area contributed by atoms with Gasteiger partial charge in [-0.15, -0.1) is 0 Å². The van der Waals surface area contributed by atoms with Gasteiger partial charge in [-0.3, -0.25) is 4.79 Å². The Hall–Kier alpha value is -3.15. The highest BCUT2D eigenvalue weighted by molar-refractivity contribution is 5.95. The molecule has 11 nitrogen and oxygen atoms in total. The molecule has 1 aliphatic heterocycles. The van der Waals surface area contributed by atoms with E-state index in [1.54, 1.807) is 12.3 Å². The molecule has 8 atom stereocenters. The first kappa shape index (κ1) is 28.0. The lowest BCUT2D eigenvalue weighted by Gasteiger charge is -2.65. The third kappa shape index (κ3) is 3.99.